The van der Waals surface area contributed by atoms with E-state index < -0.39 is 0 Å². The van der Waals surface area contributed by atoms with Crippen LogP contribution in [0.1, 0.15) is 22.5 Å². The van der Waals surface area contributed by atoms with Crippen molar-refractivity contribution in [2.24, 2.45) is 0 Å². The van der Waals surface area contributed by atoms with Gasteiger partial charge in [-0.25, -0.2) is 4.68 Å². The van der Waals surface area contributed by atoms with Crippen LogP contribution in [-0.2, 0) is 13.1 Å². The van der Waals surface area contributed by atoms with E-state index in [1.165, 1.54) is 22.3 Å². The molecule has 0 unspecified atom stereocenters. The average molecular weight is 381 g/mol. The van der Waals surface area contributed by atoms with Gasteiger partial charge in [0.15, 0.2) is 5.82 Å². The van der Waals surface area contributed by atoms with E-state index in [0.717, 1.165) is 12.4 Å². The summed E-state index contributed by atoms with van der Waals surface area (Å²) in [4.78, 5) is 0. The highest BCUT2D eigenvalue weighted by Crippen LogP contribution is 2.22. The maximum Gasteiger partial charge on any atom is 0.165 e. The topological polar surface area (TPSA) is 55.6 Å². The summed E-state index contributed by atoms with van der Waals surface area (Å²) in [5.41, 5.74) is 4.79. The SMILES string of the molecule is C(CNCc1nnnn1Cc1ccccc1)=C(c1ccccc1)c1ccccc1. The van der Waals surface area contributed by atoms with Crippen LogP contribution in [0.15, 0.2) is 97.1 Å². The standard InChI is InChI=1S/C24H23N5/c1-4-10-20(11-5-1)19-29-24(26-27-28-29)18-25-17-16-23(21-12-6-2-7-13-21)22-14-8-3-9-15-22/h1-16,25H,17-19H2. The largest absolute Gasteiger partial charge is 0.306 e. The summed E-state index contributed by atoms with van der Waals surface area (Å²) in [5, 5.41) is 15.6. The van der Waals surface area contributed by atoms with Gasteiger partial charge in [-0.2, -0.15) is 0 Å². The molecule has 0 atom stereocenters. The maximum absolute atomic E-state index is 4.16. The second kappa shape index (κ2) is 9.57. The van der Waals surface area contributed by atoms with Crippen molar-refractivity contribution < 1.29 is 0 Å². The van der Waals surface area contributed by atoms with Crippen LogP contribution in [0.25, 0.3) is 5.57 Å². The highest BCUT2D eigenvalue weighted by atomic mass is 15.5. The Morgan fingerprint density at radius 2 is 1.38 bits per heavy atom. The van der Waals surface area contributed by atoms with Gasteiger partial charge in [-0.3, -0.25) is 0 Å². The summed E-state index contributed by atoms with van der Waals surface area (Å²) >= 11 is 0. The van der Waals surface area contributed by atoms with Gasteiger partial charge in [0.25, 0.3) is 0 Å². The van der Waals surface area contributed by atoms with Crippen LogP contribution in [0, 0.1) is 0 Å². The molecule has 5 nitrogen and oxygen atoms in total. The predicted octanol–water partition coefficient (Wildman–Crippen LogP) is 3.94. The van der Waals surface area contributed by atoms with Crippen molar-refractivity contribution in [3.8, 4) is 0 Å². The van der Waals surface area contributed by atoms with Crippen molar-refractivity contribution in [2.45, 2.75) is 13.1 Å². The number of aromatic nitrogens is 4. The highest BCUT2D eigenvalue weighted by molar-refractivity contribution is 5.79. The van der Waals surface area contributed by atoms with E-state index in [-0.39, 0.29) is 0 Å². The molecule has 0 bridgehead atoms. The lowest BCUT2D eigenvalue weighted by atomic mass is 9.98. The van der Waals surface area contributed by atoms with Gasteiger partial charge in [0.05, 0.1) is 13.1 Å². The Morgan fingerprint density at radius 1 is 0.793 bits per heavy atom. The Kier molecular flexibility index (Phi) is 6.20. The number of nitrogens with zero attached hydrogens (tertiary/aromatic N) is 4. The summed E-state index contributed by atoms with van der Waals surface area (Å²) in [6, 6.07) is 31.1. The van der Waals surface area contributed by atoms with Crippen LogP contribution < -0.4 is 5.32 Å². The van der Waals surface area contributed by atoms with Crippen LogP contribution in [0.4, 0.5) is 0 Å². The van der Waals surface area contributed by atoms with Gasteiger partial charge in [-0.05, 0) is 32.7 Å². The molecule has 0 aliphatic carbocycles. The monoisotopic (exact) mass is 381 g/mol. The Labute approximate surface area is 170 Å². The normalized spacial score (nSPS) is 10.6. The Morgan fingerprint density at radius 3 is 2.00 bits per heavy atom. The molecule has 0 saturated heterocycles. The number of nitrogens with one attached hydrogen (secondary N) is 1. The molecule has 3 aromatic carbocycles. The van der Waals surface area contributed by atoms with E-state index >= 15 is 0 Å². The van der Waals surface area contributed by atoms with Crippen LogP contribution in [0.3, 0.4) is 0 Å². The molecule has 5 heteroatoms. The smallest absolute Gasteiger partial charge is 0.165 e. The Hall–Kier alpha value is -3.57. The zero-order chi connectivity index (χ0) is 19.7. The molecule has 1 aromatic heterocycles. The summed E-state index contributed by atoms with van der Waals surface area (Å²) in [7, 11) is 0. The van der Waals surface area contributed by atoms with Gasteiger partial charge in [0.2, 0.25) is 0 Å². The van der Waals surface area contributed by atoms with Crippen molar-refractivity contribution in [3.63, 3.8) is 0 Å². The molecule has 1 N–H and O–H groups in total. The maximum atomic E-state index is 4.16. The number of benzene rings is 3. The molecular formula is C24H23N5. The van der Waals surface area contributed by atoms with Gasteiger partial charge in [0.1, 0.15) is 0 Å². The molecule has 4 aromatic rings. The third-order valence-corrected chi connectivity index (χ3v) is 4.68. The molecule has 0 fully saturated rings. The molecule has 0 amide bonds. The number of hydrogen-bond acceptors (Lipinski definition) is 4. The third kappa shape index (κ3) is 5.03. The van der Waals surface area contributed by atoms with Gasteiger partial charge in [0, 0.05) is 6.54 Å². The number of rotatable bonds is 8. The fraction of sp³-hybridized carbons (Fsp3) is 0.125. The lowest BCUT2D eigenvalue weighted by Crippen LogP contribution is -2.18. The summed E-state index contributed by atoms with van der Waals surface area (Å²) in [6.07, 6.45) is 2.22. The average Bonchev–Trinajstić information content (AvgIpc) is 3.22. The van der Waals surface area contributed by atoms with E-state index in [0.29, 0.717) is 13.1 Å². The first-order chi connectivity index (χ1) is 14.4. The third-order valence-electron chi connectivity index (χ3n) is 4.68. The van der Waals surface area contributed by atoms with Gasteiger partial charge >= 0.3 is 0 Å². The Balaban J connectivity index is 1.43. The fourth-order valence-electron chi connectivity index (χ4n) is 3.22. The van der Waals surface area contributed by atoms with Gasteiger partial charge < -0.3 is 5.32 Å². The van der Waals surface area contributed by atoms with Crippen LogP contribution in [-0.4, -0.2) is 26.8 Å². The minimum Gasteiger partial charge on any atom is -0.306 e. The Bertz CT molecular complexity index is 999. The first-order valence-electron chi connectivity index (χ1n) is 9.71. The molecule has 0 aliphatic heterocycles. The minimum atomic E-state index is 0.604. The molecule has 4 rings (SSSR count). The first-order valence-corrected chi connectivity index (χ1v) is 9.71. The van der Waals surface area contributed by atoms with Gasteiger partial charge in [-0.1, -0.05) is 97.1 Å². The lowest BCUT2D eigenvalue weighted by Gasteiger charge is -2.09. The summed E-state index contributed by atoms with van der Waals surface area (Å²) < 4.78 is 1.83. The molecule has 0 radical (unpaired) electrons. The molecule has 0 saturated carbocycles. The van der Waals surface area contributed by atoms with Crippen LogP contribution >= 0.6 is 0 Å². The van der Waals surface area contributed by atoms with Crippen molar-refractivity contribution in [1.82, 2.24) is 25.5 Å². The van der Waals surface area contributed by atoms with Crippen molar-refractivity contribution >= 4 is 5.57 Å². The minimum absolute atomic E-state index is 0.604. The van der Waals surface area contributed by atoms with E-state index in [4.69, 9.17) is 0 Å². The van der Waals surface area contributed by atoms with Crippen molar-refractivity contribution in [3.05, 3.63) is 120 Å². The van der Waals surface area contributed by atoms with E-state index in [2.05, 4.69) is 87.6 Å². The zero-order valence-electron chi connectivity index (χ0n) is 16.1. The quantitative estimate of drug-likeness (QED) is 0.470. The molecule has 0 spiro atoms. The van der Waals surface area contributed by atoms with Crippen LogP contribution in [0.2, 0.25) is 0 Å². The van der Waals surface area contributed by atoms with E-state index in [1.807, 2.05) is 35.0 Å². The molecular weight excluding hydrogens is 358 g/mol. The molecule has 1 heterocycles. The molecule has 0 aliphatic rings. The van der Waals surface area contributed by atoms with E-state index in [9.17, 15) is 0 Å². The lowest BCUT2D eigenvalue weighted by molar-refractivity contribution is 0.593. The second-order valence-electron chi connectivity index (χ2n) is 6.72. The fourth-order valence-corrected chi connectivity index (χ4v) is 3.22. The van der Waals surface area contributed by atoms with Crippen LogP contribution in [0.5, 0.6) is 0 Å². The second-order valence-corrected chi connectivity index (χ2v) is 6.72. The van der Waals surface area contributed by atoms with E-state index in [1.54, 1.807) is 0 Å². The molecule has 29 heavy (non-hydrogen) atoms. The number of hydrogen-bond donors (Lipinski definition) is 1. The van der Waals surface area contributed by atoms with Gasteiger partial charge in [-0.15, -0.1) is 5.10 Å². The highest BCUT2D eigenvalue weighted by Gasteiger charge is 2.07. The predicted molar refractivity (Wildman–Crippen MR) is 115 cm³/mol. The molecule has 144 valence electrons. The van der Waals surface area contributed by atoms with Crippen molar-refractivity contribution in [1.29, 1.82) is 0 Å². The summed E-state index contributed by atoms with van der Waals surface area (Å²) in [6.45, 7) is 1.99. The number of tetrazole rings is 1. The zero-order valence-corrected chi connectivity index (χ0v) is 16.1. The summed E-state index contributed by atoms with van der Waals surface area (Å²) in [5.74, 6) is 0.822. The first kappa shape index (κ1) is 18.8. The van der Waals surface area contributed by atoms with Crippen molar-refractivity contribution in [2.75, 3.05) is 6.54 Å².